The molecule has 0 spiro atoms. The van der Waals surface area contributed by atoms with Gasteiger partial charge in [-0.25, -0.2) is 0 Å². The summed E-state index contributed by atoms with van der Waals surface area (Å²) in [5.41, 5.74) is 1.89. The third kappa shape index (κ3) is 0.891. The maximum Gasteiger partial charge on any atom is 0.0499 e. The van der Waals surface area contributed by atoms with Crippen molar-refractivity contribution in [3.05, 3.63) is 11.6 Å². The Morgan fingerprint density at radius 3 is 2.75 bits per heavy atom. The molecule has 68 valence electrons. The van der Waals surface area contributed by atoms with Crippen molar-refractivity contribution in [2.45, 2.75) is 27.2 Å². The van der Waals surface area contributed by atoms with E-state index in [0.29, 0.717) is 17.9 Å². The van der Waals surface area contributed by atoms with E-state index in [1.165, 1.54) is 12.0 Å². The molecular weight excluding hydrogens is 148 g/mol. The van der Waals surface area contributed by atoms with Crippen molar-refractivity contribution < 1.29 is 5.11 Å². The highest BCUT2D eigenvalue weighted by Crippen LogP contribution is 2.66. The van der Waals surface area contributed by atoms with Crippen LogP contribution in [-0.4, -0.2) is 11.7 Å². The van der Waals surface area contributed by atoms with Gasteiger partial charge in [0.1, 0.15) is 0 Å². The molecule has 2 aliphatic carbocycles. The van der Waals surface area contributed by atoms with Gasteiger partial charge in [0, 0.05) is 12.5 Å². The molecule has 0 aromatic carbocycles. The number of hydrogen-bond acceptors (Lipinski definition) is 1. The monoisotopic (exact) mass is 166 g/mol. The third-order valence-corrected chi connectivity index (χ3v) is 4.05. The number of fused-ring (bicyclic) bond motifs is 1. The van der Waals surface area contributed by atoms with E-state index in [0.717, 1.165) is 11.8 Å². The fourth-order valence-corrected chi connectivity index (χ4v) is 3.04. The van der Waals surface area contributed by atoms with Crippen LogP contribution in [0.5, 0.6) is 0 Å². The maximum absolute atomic E-state index is 9.25. The van der Waals surface area contributed by atoms with Crippen LogP contribution >= 0.6 is 0 Å². The Kier molecular flexibility index (Phi) is 1.63. The molecule has 0 saturated heterocycles. The lowest BCUT2D eigenvalue weighted by Crippen LogP contribution is -2.15. The molecule has 0 bridgehead atoms. The molecule has 1 nitrogen and oxygen atoms in total. The second-order valence-electron chi connectivity index (χ2n) is 4.93. The molecule has 0 aromatic rings. The summed E-state index contributed by atoms with van der Waals surface area (Å²) in [5.74, 6) is 2.06. The van der Waals surface area contributed by atoms with Gasteiger partial charge in [0.15, 0.2) is 0 Å². The van der Waals surface area contributed by atoms with Crippen LogP contribution in [0, 0.1) is 23.2 Å². The number of rotatable bonds is 1. The quantitative estimate of drug-likeness (QED) is 0.592. The minimum atomic E-state index is 0.340. The molecule has 1 N–H and O–H groups in total. The van der Waals surface area contributed by atoms with E-state index >= 15 is 0 Å². The van der Waals surface area contributed by atoms with E-state index in [4.69, 9.17) is 0 Å². The van der Waals surface area contributed by atoms with Gasteiger partial charge in [-0.2, -0.15) is 0 Å². The van der Waals surface area contributed by atoms with Crippen LogP contribution in [0.15, 0.2) is 11.6 Å². The van der Waals surface area contributed by atoms with E-state index < -0.39 is 0 Å². The van der Waals surface area contributed by atoms with Crippen molar-refractivity contribution in [1.29, 1.82) is 0 Å². The van der Waals surface area contributed by atoms with Crippen molar-refractivity contribution in [1.82, 2.24) is 0 Å². The number of allylic oxidation sites excluding steroid dienone is 1. The number of aliphatic hydroxyl groups excluding tert-OH is 1. The van der Waals surface area contributed by atoms with Crippen LogP contribution in [0.2, 0.25) is 0 Å². The molecule has 0 amide bonds. The first-order chi connectivity index (χ1) is 5.59. The molecule has 0 aliphatic heterocycles. The van der Waals surface area contributed by atoms with E-state index in [1.807, 2.05) is 0 Å². The lowest BCUT2D eigenvalue weighted by Gasteiger charge is -2.19. The third-order valence-electron chi connectivity index (χ3n) is 4.05. The first-order valence-corrected chi connectivity index (χ1v) is 4.86. The highest BCUT2D eigenvalue weighted by molar-refractivity contribution is 5.23. The Morgan fingerprint density at radius 2 is 2.25 bits per heavy atom. The lowest BCUT2D eigenvalue weighted by atomic mass is 9.88. The van der Waals surface area contributed by atoms with Gasteiger partial charge in [0.25, 0.3) is 0 Å². The van der Waals surface area contributed by atoms with Crippen LogP contribution < -0.4 is 0 Å². The summed E-state index contributed by atoms with van der Waals surface area (Å²) in [6.07, 6.45) is 3.55. The zero-order chi connectivity index (χ0) is 8.93. The maximum atomic E-state index is 9.25. The van der Waals surface area contributed by atoms with Crippen LogP contribution in [0.4, 0.5) is 0 Å². The van der Waals surface area contributed by atoms with Gasteiger partial charge in [0.2, 0.25) is 0 Å². The Morgan fingerprint density at radius 1 is 1.58 bits per heavy atom. The summed E-state index contributed by atoms with van der Waals surface area (Å²) in [4.78, 5) is 0. The molecule has 2 rings (SSSR count). The standard InChI is InChI=1S/C11H18O/c1-7-4-5-9-10(8(7)6-12)11(9,2)3/h4,8-10,12H,5-6H2,1-3H3. The second-order valence-corrected chi connectivity index (χ2v) is 4.93. The molecule has 1 heteroatoms. The van der Waals surface area contributed by atoms with Crippen LogP contribution in [0.3, 0.4) is 0 Å². The predicted octanol–water partition coefficient (Wildman–Crippen LogP) is 2.22. The van der Waals surface area contributed by atoms with Gasteiger partial charge in [-0.05, 0) is 30.6 Å². The topological polar surface area (TPSA) is 20.2 Å². The van der Waals surface area contributed by atoms with Gasteiger partial charge in [-0.3, -0.25) is 0 Å². The zero-order valence-corrected chi connectivity index (χ0v) is 8.17. The van der Waals surface area contributed by atoms with Crippen LogP contribution in [0.1, 0.15) is 27.2 Å². The number of aliphatic hydroxyl groups is 1. The highest BCUT2D eigenvalue weighted by Gasteiger charge is 2.61. The van der Waals surface area contributed by atoms with E-state index in [2.05, 4.69) is 26.8 Å². The smallest absolute Gasteiger partial charge is 0.0499 e. The molecule has 2 aliphatic rings. The Labute approximate surface area is 74.5 Å². The van der Waals surface area contributed by atoms with Gasteiger partial charge in [0.05, 0.1) is 0 Å². The first-order valence-electron chi connectivity index (χ1n) is 4.86. The molecular formula is C11H18O. The van der Waals surface area contributed by atoms with Crippen LogP contribution in [-0.2, 0) is 0 Å². The van der Waals surface area contributed by atoms with Crippen molar-refractivity contribution in [3.8, 4) is 0 Å². The summed E-state index contributed by atoms with van der Waals surface area (Å²) in [6, 6.07) is 0. The molecule has 3 unspecified atom stereocenters. The first kappa shape index (κ1) is 8.31. The molecule has 0 radical (unpaired) electrons. The molecule has 1 saturated carbocycles. The predicted molar refractivity (Wildman–Crippen MR) is 49.7 cm³/mol. The zero-order valence-electron chi connectivity index (χ0n) is 8.17. The van der Waals surface area contributed by atoms with Gasteiger partial charge >= 0.3 is 0 Å². The minimum absolute atomic E-state index is 0.340. The molecule has 1 fully saturated rings. The Bertz CT molecular complexity index is 227. The van der Waals surface area contributed by atoms with E-state index in [9.17, 15) is 5.11 Å². The van der Waals surface area contributed by atoms with Gasteiger partial charge in [-0.1, -0.05) is 25.5 Å². The molecule has 0 heterocycles. The Hall–Kier alpha value is -0.300. The average molecular weight is 166 g/mol. The lowest BCUT2D eigenvalue weighted by molar-refractivity contribution is 0.216. The molecule has 12 heavy (non-hydrogen) atoms. The highest BCUT2D eigenvalue weighted by atomic mass is 16.3. The van der Waals surface area contributed by atoms with Crippen molar-refractivity contribution in [2.75, 3.05) is 6.61 Å². The van der Waals surface area contributed by atoms with E-state index in [-0.39, 0.29) is 0 Å². The van der Waals surface area contributed by atoms with Gasteiger partial charge < -0.3 is 5.11 Å². The minimum Gasteiger partial charge on any atom is -0.396 e. The number of hydrogen-bond donors (Lipinski definition) is 1. The van der Waals surface area contributed by atoms with Crippen molar-refractivity contribution in [2.24, 2.45) is 23.2 Å². The summed E-state index contributed by atoms with van der Waals surface area (Å²) < 4.78 is 0. The summed E-state index contributed by atoms with van der Waals surface area (Å²) >= 11 is 0. The average Bonchev–Trinajstić information content (AvgIpc) is 2.55. The normalized spacial score (nSPS) is 43.3. The van der Waals surface area contributed by atoms with Crippen LogP contribution in [0.25, 0.3) is 0 Å². The fraction of sp³-hybridized carbons (Fsp3) is 0.818. The van der Waals surface area contributed by atoms with Crippen molar-refractivity contribution in [3.63, 3.8) is 0 Å². The SMILES string of the molecule is CC1=CCC2C(C1CO)C2(C)C. The summed E-state index contributed by atoms with van der Waals surface area (Å²) in [6.45, 7) is 7.16. The fourth-order valence-electron chi connectivity index (χ4n) is 3.04. The van der Waals surface area contributed by atoms with Gasteiger partial charge in [-0.15, -0.1) is 0 Å². The molecule has 0 aromatic heterocycles. The van der Waals surface area contributed by atoms with E-state index in [1.54, 1.807) is 0 Å². The second kappa shape index (κ2) is 2.35. The summed E-state index contributed by atoms with van der Waals surface area (Å²) in [7, 11) is 0. The summed E-state index contributed by atoms with van der Waals surface area (Å²) in [5, 5.41) is 9.25. The largest absolute Gasteiger partial charge is 0.396 e. The Balaban J connectivity index is 2.20. The molecule has 3 atom stereocenters. The van der Waals surface area contributed by atoms with Crippen molar-refractivity contribution >= 4 is 0 Å².